The topological polar surface area (TPSA) is 47.6 Å². The van der Waals surface area contributed by atoms with E-state index in [-0.39, 0.29) is 5.78 Å². The summed E-state index contributed by atoms with van der Waals surface area (Å²) in [4.78, 5) is 0. The molecule has 1 N–H and O–H groups in total. The number of nitrogens with one attached hydrogen (secondary N) is 1. The Hall–Kier alpha value is -0.670. The molecule has 1 fully saturated rings. The lowest BCUT2D eigenvalue weighted by molar-refractivity contribution is 0.186. The molecule has 23 heavy (non-hydrogen) atoms. The van der Waals surface area contributed by atoms with Gasteiger partial charge in [0, 0.05) is 6.54 Å². The molecule has 0 aromatic heterocycles. The van der Waals surface area contributed by atoms with Gasteiger partial charge in [0.1, 0.15) is 5.78 Å². The standard InChI is InChI=1S/C18H30NO3P/c1-3-21-23(20,22-4-2)18(17-13-9-6-10-14-17)19-15-16-11-7-5-8-12-16/h5,7-8,11-12,17-19H,3-4,6,9-10,13-15H2,1-2H3. The van der Waals surface area contributed by atoms with Crippen molar-refractivity contribution in [1.29, 1.82) is 0 Å². The van der Waals surface area contributed by atoms with E-state index >= 15 is 0 Å². The van der Waals surface area contributed by atoms with Gasteiger partial charge in [0.05, 0.1) is 13.2 Å². The van der Waals surface area contributed by atoms with E-state index in [4.69, 9.17) is 9.05 Å². The predicted octanol–water partition coefficient (Wildman–Crippen LogP) is 4.95. The molecule has 1 aliphatic rings. The SMILES string of the molecule is CCOP(=O)(OCC)C(NCc1ccccc1)C1CCCCC1. The monoisotopic (exact) mass is 339 g/mol. The van der Waals surface area contributed by atoms with Crippen molar-refractivity contribution in [3.63, 3.8) is 0 Å². The second kappa shape index (κ2) is 9.58. The van der Waals surface area contributed by atoms with E-state index in [0.717, 1.165) is 12.8 Å². The van der Waals surface area contributed by atoms with Crippen LogP contribution in [0.4, 0.5) is 0 Å². The third-order valence-corrected chi connectivity index (χ3v) is 6.94. The molecule has 1 aromatic rings. The van der Waals surface area contributed by atoms with Crippen LogP contribution >= 0.6 is 7.60 Å². The van der Waals surface area contributed by atoms with Gasteiger partial charge in [-0.15, -0.1) is 0 Å². The molecule has 1 aromatic carbocycles. The third kappa shape index (κ3) is 5.42. The van der Waals surface area contributed by atoms with Gasteiger partial charge in [0.15, 0.2) is 0 Å². The molecule has 0 saturated heterocycles. The first-order chi connectivity index (χ1) is 11.2. The van der Waals surface area contributed by atoms with E-state index in [1.165, 1.54) is 24.8 Å². The van der Waals surface area contributed by atoms with E-state index in [1.54, 1.807) is 0 Å². The van der Waals surface area contributed by atoms with Crippen LogP contribution in [0, 0.1) is 5.92 Å². The predicted molar refractivity (Wildman–Crippen MR) is 94.5 cm³/mol. The molecule has 0 aliphatic heterocycles. The summed E-state index contributed by atoms with van der Waals surface area (Å²) in [5.41, 5.74) is 1.19. The van der Waals surface area contributed by atoms with Crippen molar-refractivity contribution >= 4 is 7.60 Å². The molecule has 0 heterocycles. The minimum absolute atomic E-state index is 0.220. The molecule has 0 radical (unpaired) electrons. The first-order valence-corrected chi connectivity index (χ1v) is 10.5. The van der Waals surface area contributed by atoms with Crippen molar-refractivity contribution in [2.24, 2.45) is 5.92 Å². The number of hydrogen-bond donors (Lipinski definition) is 1. The second-order valence-corrected chi connectivity index (χ2v) is 8.24. The summed E-state index contributed by atoms with van der Waals surface area (Å²) in [5, 5.41) is 3.50. The van der Waals surface area contributed by atoms with Gasteiger partial charge < -0.3 is 9.05 Å². The average Bonchev–Trinajstić information content (AvgIpc) is 2.57. The van der Waals surface area contributed by atoms with Crippen molar-refractivity contribution in [3.8, 4) is 0 Å². The Kier molecular flexibility index (Phi) is 7.78. The van der Waals surface area contributed by atoms with Crippen LogP contribution in [0.3, 0.4) is 0 Å². The zero-order chi connectivity index (χ0) is 16.5. The molecular formula is C18H30NO3P. The van der Waals surface area contributed by atoms with Crippen LogP contribution in [0.5, 0.6) is 0 Å². The summed E-state index contributed by atoms with van der Waals surface area (Å²) in [7, 11) is -3.15. The lowest BCUT2D eigenvalue weighted by atomic mass is 9.89. The van der Waals surface area contributed by atoms with Gasteiger partial charge >= 0.3 is 7.60 Å². The van der Waals surface area contributed by atoms with Gasteiger partial charge in [-0.2, -0.15) is 0 Å². The molecule has 0 spiro atoms. The van der Waals surface area contributed by atoms with Crippen molar-refractivity contribution < 1.29 is 13.6 Å². The van der Waals surface area contributed by atoms with Crippen LogP contribution in [-0.2, 0) is 20.2 Å². The van der Waals surface area contributed by atoms with E-state index in [0.29, 0.717) is 25.7 Å². The zero-order valence-electron chi connectivity index (χ0n) is 14.4. The summed E-state index contributed by atoms with van der Waals surface area (Å²) in [5.74, 6) is 0.138. The first kappa shape index (κ1) is 18.7. The highest BCUT2D eigenvalue weighted by atomic mass is 31.2. The molecule has 1 aliphatic carbocycles. The number of rotatable bonds is 9. The summed E-state index contributed by atoms with van der Waals surface area (Å²) < 4.78 is 24.6. The van der Waals surface area contributed by atoms with Gasteiger partial charge in [0.2, 0.25) is 0 Å². The summed E-state index contributed by atoms with van der Waals surface area (Å²) >= 11 is 0. The van der Waals surface area contributed by atoms with Gasteiger partial charge in [-0.05, 0) is 38.2 Å². The van der Waals surface area contributed by atoms with Crippen LogP contribution in [-0.4, -0.2) is 19.0 Å². The smallest absolute Gasteiger partial charge is 0.308 e. The third-order valence-electron chi connectivity index (χ3n) is 4.41. The summed E-state index contributed by atoms with van der Waals surface area (Å²) in [6.45, 7) is 5.26. The lowest BCUT2D eigenvalue weighted by Crippen LogP contribution is -2.38. The fourth-order valence-electron chi connectivity index (χ4n) is 3.36. The quantitative estimate of drug-likeness (QED) is 0.647. The fourth-order valence-corrected chi connectivity index (χ4v) is 5.61. The largest absolute Gasteiger partial charge is 0.347 e. The molecule has 0 amide bonds. The van der Waals surface area contributed by atoms with Gasteiger partial charge in [-0.1, -0.05) is 49.6 Å². The minimum Gasteiger partial charge on any atom is -0.308 e. The molecule has 1 atom stereocenters. The maximum absolute atomic E-state index is 13.3. The van der Waals surface area contributed by atoms with Crippen molar-refractivity contribution in [3.05, 3.63) is 35.9 Å². The summed E-state index contributed by atoms with van der Waals surface area (Å²) in [6.07, 6.45) is 5.86. The molecule has 0 bridgehead atoms. The van der Waals surface area contributed by atoms with Crippen LogP contribution in [0.1, 0.15) is 51.5 Å². The Morgan fingerprint density at radius 1 is 1.09 bits per heavy atom. The highest BCUT2D eigenvalue weighted by molar-refractivity contribution is 7.54. The number of benzene rings is 1. The highest BCUT2D eigenvalue weighted by Crippen LogP contribution is 2.56. The Balaban J connectivity index is 2.14. The van der Waals surface area contributed by atoms with Crippen LogP contribution in [0.25, 0.3) is 0 Å². The first-order valence-electron chi connectivity index (χ1n) is 8.85. The molecule has 5 heteroatoms. The van der Waals surface area contributed by atoms with Crippen molar-refractivity contribution in [2.75, 3.05) is 13.2 Å². The lowest BCUT2D eigenvalue weighted by Gasteiger charge is -2.35. The normalized spacial score (nSPS) is 18.0. The maximum Gasteiger partial charge on any atom is 0.347 e. The van der Waals surface area contributed by atoms with Crippen molar-refractivity contribution in [1.82, 2.24) is 5.32 Å². The maximum atomic E-state index is 13.3. The average molecular weight is 339 g/mol. The zero-order valence-corrected chi connectivity index (χ0v) is 15.3. The Morgan fingerprint density at radius 2 is 1.70 bits per heavy atom. The van der Waals surface area contributed by atoms with Crippen LogP contribution in [0.2, 0.25) is 0 Å². The molecule has 130 valence electrons. The molecule has 4 nitrogen and oxygen atoms in total. The van der Waals surface area contributed by atoms with Gasteiger partial charge in [-0.25, -0.2) is 0 Å². The van der Waals surface area contributed by atoms with E-state index < -0.39 is 7.60 Å². The van der Waals surface area contributed by atoms with E-state index in [1.807, 2.05) is 32.0 Å². The van der Waals surface area contributed by atoms with Crippen molar-refractivity contribution in [2.45, 2.75) is 58.3 Å². The Morgan fingerprint density at radius 3 is 2.26 bits per heavy atom. The Bertz CT molecular complexity index is 478. The Labute approximate surface area is 140 Å². The fraction of sp³-hybridized carbons (Fsp3) is 0.667. The summed E-state index contributed by atoms with van der Waals surface area (Å²) in [6, 6.07) is 10.2. The molecule has 1 unspecified atom stereocenters. The molecule has 2 rings (SSSR count). The minimum atomic E-state index is -3.15. The van der Waals surface area contributed by atoms with Gasteiger partial charge in [0.25, 0.3) is 0 Å². The van der Waals surface area contributed by atoms with E-state index in [9.17, 15) is 4.57 Å². The highest BCUT2D eigenvalue weighted by Gasteiger charge is 2.41. The van der Waals surface area contributed by atoms with Crippen LogP contribution in [0.15, 0.2) is 30.3 Å². The second-order valence-electron chi connectivity index (χ2n) is 6.08. The van der Waals surface area contributed by atoms with Gasteiger partial charge in [-0.3, -0.25) is 9.88 Å². The number of hydrogen-bond acceptors (Lipinski definition) is 4. The molecular weight excluding hydrogens is 309 g/mol. The molecule has 1 saturated carbocycles. The van der Waals surface area contributed by atoms with Crippen LogP contribution < -0.4 is 5.32 Å². The van der Waals surface area contributed by atoms with E-state index in [2.05, 4.69) is 17.4 Å².